The molecule has 148 valence electrons. The molecule has 2 aromatic heterocycles. The third-order valence-electron chi connectivity index (χ3n) is 3.58. The Bertz CT molecular complexity index is 1040. The van der Waals surface area contributed by atoms with Crippen molar-refractivity contribution in [3.63, 3.8) is 0 Å². The average molecular weight is 452 g/mol. The number of hydrogen-bond donors (Lipinski definition) is 2. The quantitative estimate of drug-likeness (QED) is 0.639. The fourth-order valence-electron chi connectivity index (χ4n) is 2.44. The van der Waals surface area contributed by atoms with Gasteiger partial charge in [0.05, 0.1) is 12.7 Å². The Kier molecular flexibility index (Phi) is 5.81. The van der Waals surface area contributed by atoms with Gasteiger partial charge >= 0.3 is 0 Å². The first-order valence-electron chi connectivity index (χ1n) is 7.83. The SMILES string of the molecule is CS(=O)(=O)Nc1nnc(NC(=O)Cc2ccc(S(=O)(=O)N3CCCC3)s2)s1. The van der Waals surface area contributed by atoms with Crippen molar-refractivity contribution < 1.29 is 21.6 Å². The molecule has 1 fully saturated rings. The van der Waals surface area contributed by atoms with Gasteiger partial charge in [-0.3, -0.25) is 9.52 Å². The molecule has 1 saturated heterocycles. The van der Waals surface area contributed by atoms with Crippen LogP contribution in [0.2, 0.25) is 0 Å². The van der Waals surface area contributed by atoms with Crippen LogP contribution >= 0.6 is 22.7 Å². The Morgan fingerprint density at radius 3 is 2.44 bits per heavy atom. The lowest BCUT2D eigenvalue weighted by molar-refractivity contribution is -0.115. The first-order valence-corrected chi connectivity index (χ1v) is 12.8. The summed E-state index contributed by atoms with van der Waals surface area (Å²) in [4.78, 5) is 12.7. The van der Waals surface area contributed by atoms with Crippen molar-refractivity contribution in [3.8, 4) is 0 Å². The minimum absolute atomic E-state index is 0.0192. The van der Waals surface area contributed by atoms with E-state index in [0.29, 0.717) is 18.0 Å². The first-order chi connectivity index (χ1) is 12.6. The third kappa shape index (κ3) is 5.22. The lowest BCUT2D eigenvalue weighted by Crippen LogP contribution is -2.27. The topological polar surface area (TPSA) is 138 Å². The number of nitrogens with zero attached hydrogens (tertiary/aromatic N) is 3. The molecule has 0 bridgehead atoms. The maximum Gasteiger partial charge on any atom is 0.252 e. The summed E-state index contributed by atoms with van der Waals surface area (Å²) < 4.78 is 51.1. The molecule has 0 saturated carbocycles. The zero-order valence-corrected chi connectivity index (χ0v) is 17.5. The first kappa shape index (κ1) is 20.1. The van der Waals surface area contributed by atoms with E-state index in [0.717, 1.165) is 41.8 Å². The van der Waals surface area contributed by atoms with E-state index in [2.05, 4.69) is 20.2 Å². The van der Waals surface area contributed by atoms with Crippen LogP contribution in [0.3, 0.4) is 0 Å². The summed E-state index contributed by atoms with van der Waals surface area (Å²) in [5.41, 5.74) is 0. The number of thiophene rings is 1. The van der Waals surface area contributed by atoms with Gasteiger partial charge in [0.15, 0.2) is 0 Å². The molecule has 0 aliphatic carbocycles. The summed E-state index contributed by atoms with van der Waals surface area (Å²) in [5, 5.41) is 10.0. The van der Waals surface area contributed by atoms with Crippen molar-refractivity contribution in [1.29, 1.82) is 0 Å². The number of anilines is 2. The number of nitrogens with one attached hydrogen (secondary N) is 2. The molecule has 0 atom stereocenters. The van der Waals surface area contributed by atoms with Crippen LogP contribution in [-0.2, 0) is 31.3 Å². The molecule has 1 aliphatic heterocycles. The molecule has 27 heavy (non-hydrogen) atoms. The molecule has 1 aliphatic rings. The van der Waals surface area contributed by atoms with Crippen LogP contribution in [0.15, 0.2) is 16.3 Å². The number of aromatic nitrogens is 2. The summed E-state index contributed by atoms with van der Waals surface area (Å²) in [5.74, 6) is -0.399. The fraction of sp³-hybridized carbons (Fsp3) is 0.462. The third-order valence-corrected chi connectivity index (χ3v) is 8.47. The van der Waals surface area contributed by atoms with Gasteiger partial charge in [-0.25, -0.2) is 16.8 Å². The van der Waals surface area contributed by atoms with Gasteiger partial charge < -0.3 is 5.32 Å². The minimum Gasteiger partial charge on any atom is -0.300 e. The van der Waals surface area contributed by atoms with Gasteiger partial charge in [0.1, 0.15) is 4.21 Å². The zero-order valence-electron chi connectivity index (χ0n) is 14.2. The van der Waals surface area contributed by atoms with E-state index in [1.54, 1.807) is 6.07 Å². The van der Waals surface area contributed by atoms with Gasteiger partial charge in [-0.15, -0.1) is 21.5 Å². The molecule has 0 unspecified atom stereocenters. The van der Waals surface area contributed by atoms with E-state index in [4.69, 9.17) is 0 Å². The molecule has 3 heterocycles. The van der Waals surface area contributed by atoms with E-state index >= 15 is 0 Å². The lowest BCUT2D eigenvalue weighted by Gasteiger charge is -2.13. The monoisotopic (exact) mass is 451 g/mol. The van der Waals surface area contributed by atoms with Gasteiger partial charge in [0.25, 0.3) is 10.0 Å². The average Bonchev–Trinajstić information content (AvgIpc) is 3.27. The van der Waals surface area contributed by atoms with Crippen molar-refractivity contribution in [2.45, 2.75) is 23.5 Å². The highest BCUT2D eigenvalue weighted by Gasteiger charge is 2.28. The Labute approximate surface area is 164 Å². The second kappa shape index (κ2) is 7.79. The maximum atomic E-state index is 12.5. The number of hydrogen-bond acceptors (Lipinski definition) is 9. The standard InChI is InChI=1S/C13H17N5O5S4/c1-26(20,21)17-13-16-15-12(25-13)14-10(19)8-9-4-5-11(24-9)27(22,23)18-6-2-3-7-18/h4-5H,2-3,6-8H2,1H3,(H,16,17)(H,14,15,19). The summed E-state index contributed by atoms with van der Waals surface area (Å²) in [7, 11) is -6.97. The van der Waals surface area contributed by atoms with E-state index in [1.165, 1.54) is 10.4 Å². The Hall–Kier alpha value is -1.61. The van der Waals surface area contributed by atoms with Crippen molar-refractivity contribution in [2.75, 3.05) is 29.4 Å². The van der Waals surface area contributed by atoms with Crippen LogP contribution in [0.1, 0.15) is 17.7 Å². The molecular formula is C13H17N5O5S4. The van der Waals surface area contributed by atoms with Gasteiger partial charge in [-0.05, 0) is 25.0 Å². The molecule has 0 aromatic carbocycles. The highest BCUT2D eigenvalue weighted by atomic mass is 32.2. The molecule has 0 spiro atoms. The normalized spacial score (nSPS) is 15.7. The molecule has 2 aromatic rings. The minimum atomic E-state index is -3.49. The summed E-state index contributed by atoms with van der Waals surface area (Å²) in [6.07, 6.45) is 2.68. The molecule has 3 rings (SSSR count). The lowest BCUT2D eigenvalue weighted by atomic mass is 10.3. The van der Waals surface area contributed by atoms with E-state index in [1.807, 2.05) is 0 Å². The van der Waals surface area contributed by atoms with Crippen LogP contribution in [-0.4, -0.2) is 56.6 Å². The van der Waals surface area contributed by atoms with Crippen LogP contribution in [0.5, 0.6) is 0 Å². The van der Waals surface area contributed by atoms with Crippen LogP contribution in [0.25, 0.3) is 0 Å². The Morgan fingerprint density at radius 2 is 1.78 bits per heavy atom. The zero-order chi connectivity index (χ0) is 19.7. The molecule has 10 nitrogen and oxygen atoms in total. The Morgan fingerprint density at radius 1 is 1.11 bits per heavy atom. The van der Waals surface area contributed by atoms with E-state index < -0.39 is 26.0 Å². The molecule has 14 heteroatoms. The van der Waals surface area contributed by atoms with E-state index in [-0.39, 0.29) is 20.9 Å². The number of sulfonamides is 2. The maximum absolute atomic E-state index is 12.5. The molecule has 0 radical (unpaired) electrons. The molecule has 1 amide bonds. The predicted molar refractivity (Wildman–Crippen MR) is 103 cm³/mol. The van der Waals surface area contributed by atoms with Gasteiger partial charge in [-0.1, -0.05) is 11.3 Å². The molecular weight excluding hydrogens is 434 g/mol. The van der Waals surface area contributed by atoms with Crippen LogP contribution in [0.4, 0.5) is 10.3 Å². The van der Waals surface area contributed by atoms with Crippen LogP contribution in [0, 0.1) is 0 Å². The van der Waals surface area contributed by atoms with Crippen molar-refractivity contribution in [1.82, 2.24) is 14.5 Å². The summed E-state index contributed by atoms with van der Waals surface area (Å²) >= 11 is 1.95. The van der Waals surface area contributed by atoms with Gasteiger partial charge in [0.2, 0.25) is 26.2 Å². The van der Waals surface area contributed by atoms with Crippen LogP contribution < -0.4 is 10.0 Å². The highest BCUT2D eigenvalue weighted by molar-refractivity contribution is 7.92. The number of carbonyl (C=O) groups excluding carboxylic acids is 1. The smallest absolute Gasteiger partial charge is 0.252 e. The highest BCUT2D eigenvalue weighted by Crippen LogP contribution is 2.28. The number of rotatable bonds is 7. The van der Waals surface area contributed by atoms with Gasteiger partial charge in [-0.2, -0.15) is 4.31 Å². The van der Waals surface area contributed by atoms with E-state index in [9.17, 15) is 21.6 Å². The van der Waals surface area contributed by atoms with Crippen molar-refractivity contribution in [2.24, 2.45) is 0 Å². The largest absolute Gasteiger partial charge is 0.300 e. The van der Waals surface area contributed by atoms with Crippen molar-refractivity contribution >= 4 is 58.9 Å². The fourth-order valence-corrected chi connectivity index (χ4v) is 6.96. The van der Waals surface area contributed by atoms with Crippen molar-refractivity contribution in [3.05, 3.63) is 17.0 Å². The molecule has 2 N–H and O–H groups in total. The second-order valence-electron chi connectivity index (χ2n) is 5.84. The summed E-state index contributed by atoms with van der Waals surface area (Å²) in [6, 6.07) is 3.13. The number of carbonyl (C=O) groups is 1. The predicted octanol–water partition coefficient (Wildman–Crippen LogP) is 0.937. The second-order valence-corrected chi connectivity index (χ2v) is 11.9. The van der Waals surface area contributed by atoms with Gasteiger partial charge in [0, 0.05) is 18.0 Å². The Balaban J connectivity index is 1.61. The summed E-state index contributed by atoms with van der Waals surface area (Å²) in [6.45, 7) is 1.05. The number of amides is 1.